The molecule has 0 amide bonds. The van der Waals surface area contributed by atoms with Crippen LogP contribution >= 0.6 is 36.6 Å². The fraction of sp³-hybridized carbons (Fsp3) is 0.429. The standard InChI is InChI=1S/C21H26N2S.2ClH/c1-2-7-18(8-3-1)17-22-12-14-23(15-13-22)20-10-6-16-24-21-11-5-4-9-19(20)21;;/h1-5,7-9,11,20H,6,10,12-17H2;2*1H. The molecule has 0 aromatic heterocycles. The average Bonchev–Trinajstić information content (AvgIpc) is 2.86. The van der Waals surface area contributed by atoms with E-state index in [0.29, 0.717) is 6.04 Å². The summed E-state index contributed by atoms with van der Waals surface area (Å²) in [6.07, 6.45) is 2.64. The highest BCUT2D eigenvalue weighted by Gasteiger charge is 2.27. The van der Waals surface area contributed by atoms with Gasteiger partial charge in [0.2, 0.25) is 0 Å². The summed E-state index contributed by atoms with van der Waals surface area (Å²) in [6.45, 7) is 5.83. The predicted molar refractivity (Wildman–Crippen MR) is 117 cm³/mol. The van der Waals surface area contributed by atoms with Crippen LogP contribution in [0.25, 0.3) is 0 Å². The lowest BCUT2D eigenvalue weighted by molar-refractivity contribution is 0.0869. The molecule has 2 heterocycles. The summed E-state index contributed by atoms with van der Waals surface area (Å²) in [5.41, 5.74) is 3.00. The summed E-state index contributed by atoms with van der Waals surface area (Å²) >= 11 is 2.04. The van der Waals surface area contributed by atoms with Gasteiger partial charge in [-0.2, -0.15) is 0 Å². The van der Waals surface area contributed by atoms with Gasteiger partial charge < -0.3 is 0 Å². The number of benzene rings is 2. The van der Waals surface area contributed by atoms with E-state index in [-0.39, 0.29) is 24.8 Å². The molecule has 0 spiro atoms. The number of halogens is 2. The normalized spacial score (nSPS) is 21.0. The van der Waals surface area contributed by atoms with Crippen LogP contribution in [0.4, 0.5) is 0 Å². The SMILES string of the molecule is Cl.Cl.c1ccc(CN2CCN(C3CCCSc4ccccc43)CC2)cc1. The Labute approximate surface area is 174 Å². The summed E-state index contributed by atoms with van der Waals surface area (Å²) < 4.78 is 0. The highest BCUT2D eigenvalue weighted by Crippen LogP contribution is 2.38. The van der Waals surface area contributed by atoms with Gasteiger partial charge in [0, 0.05) is 43.7 Å². The first-order valence-electron chi connectivity index (χ1n) is 9.12. The van der Waals surface area contributed by atoms with E-state index in [0.717, 1.165) is 6.54 Å². The van der Waals surface area contributed by atoms with Crippen LogP contribution < -0.4 is 0 Å². The molecule has 142 valence electrons. The van der Waals surface area contributed by atoms with Gasteiger partial charge in [0.05, 0.1) is 0 Å². The number of piperazine rings is 1. The second-order valence-corrected chi connectivity index (χ2v) is 7.98. The topological polar surface area (TPSA) is 6.48 Å². The highest BCUT2D eigenvalue weighted by molar-refractivity contribution is 7.99. The fourth-order valence-corrected chi connectivity index (χ4v) is 5.03. The van der Waals surface area contributed by atoms with Gasteiger partial charge in [-0.25, -0.2) is 0 Å². The quantitative estimate of drug-likeness (QED) is 0.679. The van der Waals surface area contributed by atoms with E-state index in [2.05, 4.69) is 64.4 Å². The van der Waals surface area contributed by atoms with E-state index in [4.69, 9.17) is 0 Å². The van der Waals surface area contributed by atoms with Gasteiger partial charge >= 0.3 is 0 Å². The third-order valence-electron chi connectivity index (χ3n) is 5.25. The zero-order valence-corrected chi connectivity index (χ0v) is 17.5. The van der Waals surface area contributed by atoms with Gasteiger partial charge in [0.1, 0.15) is 0 Å². The lowest BCUT2D eigenvalue weighted by Crippen LogP contribution is -2.47. The molecule has 0 aliphatic carbocycles. The van der Waals surface area contributed by atoms with Gasteiger partial charge in [-0.05, 0) is 35.8 Å². The van der Waals surface area contributed by atoms with Gasteiger partial charge in [-0.3, -0.25) is 9.80 Å². The van der Waals surface area contributed by atoms with Gasteiger partial charge in [0.25, 0.3) is 0 Å². The first kappa shape index (κ1) is 21.6. The first-order valence-corrected chi connectivity index (χ1v) is 10.1. The van der Waals surface area contributed by atoms with Crippen molar-refractivity contribution >= 4 is 36.6 Å². The van der Waals surface area contributed by atoms with Crippen LogP contribution in [0.5, 0.6) is 0 Å². The van der Waals surface area contributed by atoms with Crippen molar-refractivity contribution in [1.82, 2.24) is 9.80 Å². The smallest absolute Gasteiger partial charge is 0.0360 e. The van der Waals surface area contributed by atoms with E-state index in [1.165, 1.54) is 55.2 Å². The van der Waals surface area contributed by atoms with Crippen molar-refractivity contribution in [3.8, 4) is 0 Å². The molecular weight excluding hydrogens is 383 g/mol. The van der Waals surface area contributed by atoms with E-state index < -0.39 is 0 Å². The van der Waals surface area contributed by atoms with Crippen molar-refractivity contribution in [2.75, 3.05) is 31.9 Å². The van der Waals surface area contributed by atoms with E-state index >= 15 is 0 Å². The maximum atomic E-state index is 2.73. The molecular formula is C21H28Cl2N2S. The Morgan fingerprint density at radius 3 is 2.31 bits per heavy atom. The number of hydrogen-bond donors (Lipinski definition) is 0. The molecule has 1 fully saturated rings. The molecule has 0 N–H and O–H groups in total. The van der Waals surface area contributed by atoms with Crippen LogP contribution in [0.2, 0.25) is 0 Å². The molecule has 1 saturated heterocycles. The van der Waals surface area contributed by atoms with E-state index in [1.54, 1.807) is 5.56 Å². The molecule has 4 rings (SSSR count). The van der Waals surface area contributed by atoms with Crippen molar-refractivity contribution in [3.05, 3.63) is 65.7 Å². The number of thioether (sulfide) groups is 1. The Bertz CT molecular complexity index is 660. The molecule has 0 radical (unpaired) electrons. The minimum atomic E-state index is 0. The lowest BCUT2D eigenvalue weighted by Gasteiger charge is -2.39. The molecule has 2 nitrogen and oxygen atoms in total. The van der Waals surface area contributed by atoms with Crippen LogP contribution in [0.3, 0.4) is 0 Å². The Morgan fingerprint density at radius 2 is 1.54 bits per heavy atom. The van der Waals surface area contributed by atoms with E-state index in [9.17, 15) is 0 Å². The zero-order valence-electron chi connectivity index (χ0n) is 15.0. The summed E-state index contributed by atoms with van der Waals surface area (Å²) in [5, 5.41) is 0. The highest BCUT2D eigenvalue weighted by atomic mass is 35.5. The number of hydrogen-bond acceptors (Lipinski definition) is 3. The van der Waals surface area contributed by atoms with Gasteiger partial charge in [0.15, 0.2) is 0 Å². The van der Waals surface area contributed by atoms with Crippen molar-refractivity contribution in [3.63, 3.8) is 0 Å². The fourth-order valence-electron chi connectivity index (χ4n) is 3.96. The summed E-state index contributed by atoms with van der Waals surface area (Å²) in [7, 11) is 0. The molecule has 5 heteroatoms. The maximum Gasteiger partial charge on any atom is 0.0360 e. The first-order chi connectivity index (χ1) is 11.9. The Morgan fingerprint density at radius 1 is 0.846 bits per heavy atom. The molecule has 0 saturated carbocycles. The number of rotatable bonds is 3. The largest absolute Gasteiger partial charge is 0.297 e. The van der Waals surface area contributed by atoms with Crippen LogP contribution in [-0.4, -0.2) is 41.7 Å². The molecule has 1 unspecified atom stereocenters. The maximum absolute atomic E-state index is 2.73. The molecule has 2 aliphatic rings. The van der Waals surface area contributed by atoms with Crippen molar-refractivity contribution in [1.29, 1.82) is 0 Å². The van der Waals surface area contributed by atoms with Crippen molar-refractivity contribution < 1.29 is 0 Å². The molecule has 2 aliphatic heterocycles. The molecule has 2 aromatic rings. The minimum absolute atomic E-state index is 0. The Kier molecular flexibility index (Phi) is 8.78. The average molecular weight is 411 g/mol. The number of nitrogens with zero attached hydrogens (tertiary/aromatic N) is 2. The summed E-state index contributed by atoms with van der Waals surface area (Å²) in [4.78, 5) is 6.83. The van der Waals surface area contributed by atoms with E-state index in [1.807, 2.05) is 11.8 Å². The third-order valence-corrected chi connectivity index (χ3v) is 6.43. The van der Waals surface area contributed by atoms with Gasteiger partial charge in [-0.15, -0.1) is 36.6 Å². The van der Waals surface area contributed by atoms with Crippen LogP contribution in [0.15, 0.2) is 59.5 Å². The lowest BCUT2D eigenvalue weighted by atomic mass is 9.99. The third kappa shape index (κ3) is 5.17. The van der Waals surface area contributed by atoms with Crippen molar-refractivity contribution in [2.24, 2.45) is 0 Å². The minimum Gasteiger partial charge on any atom is -0.297 e. The Balaban J connectivity index is 0.00000121. The second kappa shape index (κ2) is 10.6. The molecule has 26 heavy (non-hydrogen) atoms. The Hall–Kier alpha value is -0.710. The monoisotopic (exact) mass is 410 g/mol. The van der Waals surface area contributed by atoms with Crippen LogP contribution in [-0.2, 0) is 6.54 Å². The molecule has 1 atom stereocenters. The van der Waals surface area contributed by atoms with Gasteiger partial charge in [-0.1, -0.05) is 48.5 Å². The summed E-state index contributed by atoms with van der Waals surface area (Å²) in [5.74, 6) is 1.27. The van der Waals surface area contributed by atoms with Crippen LogP contribution in [0.1, 0.15) is 30.0 Å². The zero-order chi connectivity index (χ0) is 16.2. The second-order valence-electron chi connectivity index (χ2n) is 6.84. The molecule has 0 bridgehead atoms. The predicted octanol–water partition coefficient (Wildman–Crippen LogP) is 5.28. The van der Waals surface area contributed by atoms with Crippen LogP contribution in [0, 0.1) is 0 Å². The molecule has 2 aromatic carbocycles. The number of fused-ring (bicyclic) bond motifs is 1. The van der Waals surface area contributed by atoms with Crippen molar-refractivity contribution in [2.45, 2.75) is 30.3 Å². The summed E-state index contributed by atoms with van der Waals surface area (Å²) in [6, 6.07) is 20.6.